The first-order valence-electron chi connectivity index (χ1n) is 8.28. The van der Waals surface area contributed by atoms with E-state index in [0.29, 0.717) is 12.0 Å². The van der Waals surface area contributed by atoms with Gasteiger partial charge in [-0.05, 0) is 31.0 Å². The lowest BCUT2D eigenvalue weighted by Gasteiger charge is -2.17. The van der Waals surface area contributed by atoms with Crippen LogP contribution in [-0.4, -0.2) is 47.3 Å². The topological polar surface area (TPSA) is 54.2 Å². The lowest BCUT2D eigenvalue weighted by Crippen LogP contribution is -2.34. The van der Waals surface area contributed by atoms with Crippen LogP contribution in [0.3, 0.4) is 0 Å². The molecular formula is C15H26N4OS. The number of nitrogens with one attached hydrogen (secondary N) is 1. The van der Waals surface area contributed by atoms with Gasteiger partial charge >= 0.3 is 0 Å². The molecule has 3 heterocycles. The predicted octanol–water partition coefficient (Wildman–Crippen LogP) is 2.65. The maximum atomic E-state index is 5.60. The van der Waals surface area contributed by atoms with Crippen molar-refractivity contribution in [2.75, 3.05) is 36.0 Å². The molecule has 6 heteroatoms. The molecule has 21 heavy (non-hydrogen) atoms. The highest BCUT2D eigenvalue weighted by Gasteiger charge is 2.33. The first-order chi connectivity index (χ1) is 10.4. The van der Waals surface area contributed by atoms with Crippen molar-refractivity contribution in [2.45, 2.75) is 51.0 Å². The molecule has 2 unspecified atom stereocenters. The van der Waals surface area contributed by atoms with Gasteiger partial charge in [-0.3, -0.25) is 0 Å². The highest BCUT2D eigenvalue weighted by Crippen LogP contribution is 2.33. The van der Waals surface area contributed by atoms with Crippen molar-refractivity contribution in [1.29, 1.82) is 0 Å². The highest BCUT2D eigenvalue weighted by molar-refractivity contribution is 7.99. The average molecular weight is 310 g/mol. The minimum atomic E-state index is 0.370. The van der Waals surface area contributed by atoms with Crippen LogP contribution in [-0.2, 0) is 0 Å². The summed E-state index contributed by atoms with van der Waals surface area (Å²) >= 11 is 1.98. The number of thioether (sulfide) groups is 1. The largest absolute Gasteiger partial charge is 0.338 e. The summed E-state index contributed by atoms with van der Waals surface area (Å²) in [6, 6.07) is 0.479. The smallest absolute Gasteiger partial charge is 0.266 e. The Morgan fingerprint density at radius 2 is 2.05 bits per heavy atom. The molecule has 0 amide bonds. The fraction of sp³-hybridized carbons (Fsp3) is 0.867. The van der Waals surface area contributed by atoms with Crippen molar-refractivity contribution in [3.05, 3.63) is 5.89 Å². The van der Waals surface area contributed by atoms with Gasteiger partial charge in [0, 0.05) is 30.6 Å². The average Bonchev–Trinajstić information content (AvgIpc) is 3.08. The molecular weight excluding hydrogens is 284 g/mol. The fourth-order valence-electron chi connectivity index (χ4n) is 3.11. The second-order valence-corrected chi connectivity index (χ2v) is 7.11. The van der Waals surface area contributed by atoms with Crippen molar-refractivity contribution < 1.29 is 4.52 Å². The summed E-state index contributed by atoms with van der Waals surface area (Å²) in [5.74, 6) is 4.23. The van der Waals surface area contributed by atoms with E-state index in [4.69, 9.17) is 9.51 Å². The van der Waals surface area contributed by atoms with E-state index in [9.17, 15) is 0 Å². The van der Waals surface area contributed by atoms with Crippen LogP contribution in [0, 0.1) is 0 Å². The summed E-state index contributed by atoms with van der Waals surface area (Å²) in [6.45, 7) is 5.40. The molecule has 0 bridgehead atoms. The Balaban J connectivity index is 1.65. The minimum Gasteiger partial charge on any atom is -0.338 e. The quantitative estimate of drug-likeness (QED) is 0.902. The van der Waals surface area contributed by atoms with Crippen LogP contribution in [0.1, 0.15) is 50.8 Å². The van der Waals surface area contributed by atoms with Gasteiger partial charge in [0.1, 0.15) is 0 Å². The molecule has 1 aromatic heterocycles. The van der Waals surface area contributed by atoms with E-state index in [0.717, 1.165) is 49.4 Å². The summed E-state index contributed by atoms with van der Waals surface area (Å²) in [7, 11) is 0. The van der Waals surface area contributed by atoms with E-state index >= 15 is 0 Å². The van der Waals surface area contributed by atoms with E-state index in [1.165, 1.54) is 25.7 Å². The Bertz CT molecular complexity index is 431. The maximum Gasteiger partial charge on any atom is 0.266 e. The molecule has 0 radical (unpaired) electrons. The zero-order chi connectivity index (χ0) is 14.5. The van der Waals surface area contributed by atoms with Crippen LogP contribution >= 0.6 is 11.8 Å². The standard InChI is InChI=1S/C15H26N4OS/c1-2-7-16-13-11-21-10-12(13)14-17-15(18-20-14)19-8-5-3-4-6-9-19/h12-13,16H,2-11H2,1H3. The van der Waals surface area contributed by atoms with Gasteiger partial charge in [0.15, 0.2) is 0 Å². The van der Waals surface area contributed by atoms with Gasteiger partial charge in [-0.25, -0.2) is 0 Å². The van der Waals surface area contributed by atoms with Gasteiger partial charge in [-0.1, -0.05) is 19.8 Å². The van der Waals surface area contributed by atoms with Gasteiger partial charge in [0.05, 0.1) is 5.92 Å². The second kappa shape index (κ2) is 7.49. The van der Waals surface area contributed by atoms with E-state index in [1.54, 1.807) is 0 Å². The van der Waals surface area contributed by atoms with Crippen molar-refractivity contribution in [3.8, 4) is 0 Å². The summed E-state index contributed by atoms with van der Waals surface area (Å²) in [5, 5.41) is 7.86. The molecule has 0 aromatic carbocycles. The summed E-state index contributed by atoms with van der Waals surface area (Å²) in [4.78, 5) is 7.00. The number of nitrogens with zero attached hydrogens (tertiary/aromatic N) is 3. The molecule has 1 N–H and O–H groups in total. The molecule has 2 aliphatic rings. The van der Waals surface area contributed by atoms with Crippen LogP contribution in [0.2, 0.25) is 0 Å². The van der Waals surface area contributed by atoms with Crippen molar-refractivity contribution in [2.24, 2.45) is 0 Å². The van der Waals surface area contributed by atoms with Crippen LogP contribution in [0.4, 0.5) is 5.95 Å². The summed E-state index contributed by atoms with van der Waals surface area (Å²) in [6.07, 6.45) is 6.29. The Morgan fingerprint density at radius 3 is 2.81 bits per heavy atom. The fourth-order valence-corrected chi connectivity index (χ4v) is 4.47. The van der Waals surface area contributed by atoms with Crippen molar-refractivity contribution in [3.63, 3.8) is 0 Å². The number of hydrogen-bond acceptors (Lipinski definition) is 6. The van der Waals surface area contributed by atoms with Crippen LogP contribution in [0.15, 0.2) is 4.52 Å². The first kappa shape index (κ1) is 15.2. The minimum absolute atomic E-state index is 0.370. The van der Waals surface area contributed by atoms with Crippen molar-refractivity contribution >= 4 is 17.7 Å². The van der Waals surface area contributed by atoms with Gasteiger partial charge in [0.25, 0.3) is 5.95 Å². The molecule has 2 atom stereocenters. The third-order valence-corrected chi connectivity index (χ3v) is 5.56. The second-order valence-electron chi connectivity index (χ2n) is 6.04. The van der Waals surface area contributed by atoms with E-state index in [1.807, 2.05) is 11.8 Å². The van der Waals surface area contributed by atoms with Gasteiger partial charge in [0.2, 0.25) is 5.89 Å². The highest BCUT2D eigenvalue weighted by atomic mass is 32.2. The van der Waals surface area contributed by atoms with Crippen molar-refractivity contribution in [1.82, 2.24) is 15.5 Å². The number of rotatable bonds is 5. The Kier molecular flexibility index (Phi) is 5.41. The molecule has 3 rings (SSSR count). The van der Waals surface area contributed by atoms with E-state index in [2.05, 4.69) is 22.3 Å². The van der Waals surface area contributed by atoms with Gasteiger partial charge in [-0.2, -0.15) is 16.7 Å². The van der Waals surface area contributed by atoms with Gasteiger partial charge in [-0.15, -0.1) is 0 Å². The predicted molar refractivity (Wildman–Crippen MR) is 87.1 cm³/mol. The van der Waals surface area contributed by atoms with Crippen LogP contribution in [0.25, 0.3) is 0 Å². The lowest BCUT2D eigenvalue weighted by atomic mass is 10.0. The number of anilines is 1. The molecule has 1 aromatic rings. The first-order valence-corrected chi connectivity index (χ1v) is 9.43. The van der Waals surface area contributed by atoms with Gasteiger partial charge < -0.3 is 14.7 Å². The molecule has 0 saturated carbocycles. The SMILES string of the molecule is CCCNC1CSCC1c1nc(N2CCCCCC2)no1. The molecule has 118 valence electrons. The summed E-state index contributed by atoms with van der Waals surface area (Å²) in [5.41, 5.74) is 0. The molecule has 2 fully saturated rings. The molecule has 5 nitrogen and oxygen atoms in total. The van der Waals surface area contributed by atoms with Crippen LogP contribution < -0.4 is 10.2 Å². The zero-order valence-corrected chi connectivity index (χ0v) is 13.7. The summed E-state index contributed by atoms with van der Waals surface area (Å²) < 4.78 is 5.60. The van der Waals surface area contributed by atoms with E-state index < -0.39 is 0 Å². The molecule has 0 aliphatic carbocycles. The number of hydrogen-bond donors (Lipinski definition) is 1. The maximum absolute atomic E-state index is 5.60. The van der Waals surface area contributed by atoms with Crippen LogP contribution in [0.5, 0.6) is 0 Å². The molecule has 0 spiro atoms. The third-order valence-electron chi connectivity index (χ3n) is 4.37. The zero-order valence-electron chi connectivity index (χ0n) is 12.9. The van der Waals surface area contributed by atoms with E-state index in [-0.39, 0.29) is 0 Å². The Hall–Kier alpha value is -0.750. The Morgan fingerprint density at radius 1 is 1.24 bits per heavy atom. The molecule has 2 aliphatic heterocycles. The normalized spacial score (nSPS) is 27.0. The third kappa shape index (κ3) is 3.72. The Labute approximate surface area is 131 Å². The monoisotopic (exact) mass is 310 g/mol. The number of aromatic nitrogens is 2. The molecule has 2 saturated heterocycles. The lowest BCUT2D eigenvalue weighted by molar-refractivity contribution is 0.338.